The average molecular weight is 399 g/mol. The summed E-state index contributed by atoms with van der Waals surface area (Å²) >= 11 is 0. The average Bonchev–Trinajstić information content (AvgIpc) is 3.14. The third kappa shape index (κ3) is 5.96. The first-order valence-electron chi connectivity index (χ1n) is 9.30. The zero-order valence-corrected chi connectivity index (χ0v) is 16.4. The number of aromatic nitrogens is 1. The molecule has 0 saturated heterocycles. The molecular weight excluding hydrogens is 376 g/mol. The Morgan fingerprint density at radius 1 is 1.10 bits per heavy atom. The van der Waals surface area contributed by atoms with E-state index in [1.54, 1.807) is 0 Å². The fourth-order valence-electron chi connectivity index (χ4n) is 2.88. The van der Waals surface area contributed by atoms with Gasteiger partial charge in [-0.2, -0.15) is 0 Å². The van der Waals surface area contributed by atoms with Gasteiger partial charge in [0.2, 0.25) is 5.91 Å². The van der Waals surface area contributed by atoms with E-state index in [1.807, 2.05) is 38.4 Å². The lowest BCUT2D eigenvalue weighted by molar-refractivity contribution is -0.121. The Balaban J connectivity index is 1.48. The first kappa shape index (κ1) is 20.7. The van der Waals surface area contributed by atoms with E-state index in [1.165, 1.54) is 17.8 Å². The topological polar surface area (TPSA) is 58.4 Å². The van der Waals surface area contributed by atoms with Gasteiger partial charge in [-0.25, -0.2) is 13.8 Å². The number of nitrogens with zero attached hydrogens (tertiary/aromatic N) is 2. The summed E-state index contributed by atoms with van der Waals surface area (Å²) in [6, 6.07) is 11.3. The number of carbonyl (C=O) groups is 1. The number of benzene rings is 2. The summed E-state index contributed by atoms with van der Waals surface area (Å²) < 4.78 is 32.3. The number of hydrogen-bond acceptors (Lipinski definition) is 4. The summed E-state index contributed by atoms with van der Waals surface area (Å²) in [5, 5.41) is 2.86. The molecule has 1 N–H and O–H groups in total. The Labute approximate surface area is 168 Å². The molecular formula is C22H23F2N3O2. The maximum Gasteiger partial charge on any atom is 0.220 e. The highest BCUT2D eigenvalue weighted by atomic mass is 19.1. The number of nitrogens with one attached hydrogen (secondary N) is 1. The summed E-state index contributed by atoms with van der Waals surface area (Å²) in [4.78, 5) is 18.2. The van der Waals surface area contributed by atoms with Gasteiger partial charge >= 0.3 is 0 Å². The number of rotatable bonds is 8. The number of halogens is 2. The lowest BCUT2D eigenvalue weighted by atomic mass is 10.1. The van der Waals surface area contributed by atoms with Gasteiger partial charge in [0.15, 0.2) is 11.7 Å². The maximum atomic E-state index is 13.8. The number of oxazole rings is 1. The molecule has 0 aliphatic heterocycles. The van der Waals surface area contributed by atoms with Crippen LogP contribution < -0.4 is 5.32 Å². The lowest BCUT2D eigenvalue weighted by Crippen LogP contribution is -2.23. The van der Waals surface area contributed by atoms with E-state index in [-0.39, 0.29) is 30.1 Å². The number of hydrogen-bond donors (Lipinski definition) is 1. The van der Waals surface area contributed by atoms with Crippen molar-refractivity contribution in [3.8, 4) is 11.3 Å². The van der Waals surface area contributed by atoms with Crippen LogP contribution in [0.3, 0.4) is 0 Å². The van der Waals surface area contributed by atoms with E-state index in [0.717, 1.165) is 24.2 Å². The molecule has 2 aromatic carbocycles. The highest BCUT2D eigenvalue weighted by Crippen LogP contribution is 2.24. The maximum absolute atomic E-state index is 13.8. The van der Waals surface area contributed by atoms with Crippen molar-refractivity contribution in [1.82, 2.24) is 15.2 Å². The number of carbonyl (C=O) groups excluding carboxylic acids is 1. The van der Waals surface area contributed by atoms with Gasteiger partial charge in [-0.05, 0) is 37.4 Å². The van der Waals surface area contributed by atoms with Crippen molar-refractivity contribution < 1.29 is 18.0 Å². The third-order valence-electron chi connectivity index (χ3n) is 4.33. The van der Waals surface area contributed by atoms with Crippen molar-refractivity contribution >= 4 is 5.91 Å². The molecule has 1 heterocycles. The van der Waals surface area contributed by atoms with Gasteiger partial charge in [-0.1, -0.05) is 24.3 Å². The molecule has 0 spiro atoms. The zero-order valence-electron chi connectivity index (χ0n) is 16.4. The monoisotopic (exact) mass is 399 g/mol. The molecule has 152 valence electrons. The predicted molar refractivity (Wildman–Crippen MR) is 106 cm³/mol. The van der Waals surface area contributed by atoms with E-state index in [9.17, 15) is 13.6 Å². The molecule has 0 aliphatic carbocycles. The molecule has 0 saturated carbocycles. The Hall–Kier alpha value is -3.06. The molecule has 0 aliphatic rings. The SMILES string of the molecule is CN(C)Cc1ccc(CNC(=O)CCc2ncc(-c3ccc(F)cc3F)o2)cc1. The van der Waals surface area contributed by atoms with Gasteiger partial charge in [0.1, 0.15) is 11.6 Å². The molecule has 0 radical (unpaired) electrons. The van der Waals surface area contributed by atoms with Gasteiger partial charge in [0.25, 0.3) is 0 Å². The fraction of sp³-hybridized carbons (Fsp3) is 0.273. The Morgan fingerprint density at radius 2 is 1.83 bits per heavy atom. The second-order valence-corrected chi connectivity index (χ2v) is 7.07. The Morgan fingerprint density at radius 3 is 2.52 bits per heavy atom. The summed E-state index contributed by atoms with van der Waals surface area (Å²) in [7, 11) is 4.03. The van der Waals surface area contributed by atoms with Crippen LogP contribution in [0.4, 0.5) is 8.78 Å². The second kappa shape index (κ2) is 9.43. The lowest BCUT2D eigenvalue weighted by Gasteiger charge is -2.10. The molecule has 1 amide bonds. The minimum absolute atomic E-state index is 0.130. The standard InChI is InChI=1S/C22H23F2N3O2/c1-27(2)14-16-5-3-15(4-6-16)12-25-21(28)9-10-22-26-13-20(29-22)18-8-7-17(23)11-19(18)24/h3-8,11,13H,9-10,12,14H2,1-2H3,(H,25,28). The van der Waals surface area contributed by atoms with Crippen LogP contribution >= 0.6 is 0 Å². The van der Waals surface area contributed by atoms with Gasteiger partial charge in [0, 0.05) is 32.0 Å². The fourth-order valence-corrected chi connectivity index (χ4v) is 2.88. The molecule has 0 bridgehead atoms. The summed E-state index contributed by atoms with van der Waals surface area (Å²) in [5.74, 6) is -0.977. The van der Waals surface area contributed by atoms with E-state index < -0.39 is 11.6 Å². The first-order chi connectivity index (χ1) is 13.9. The van der Waals surface area contributed by atoms with E-state index in [2.05, 4.69) is 15.2 Å². The van der Waals surface area contributed by atoms with E-state index in [4.69, 9.17) is 4.42 Å². The molecule has 7 heteroatoms. The van der Waals surface area contributed by atoms with Crippen LogP contribution in [-0.2, 0) is 24.3 Å². The minimum Gasteiger partial charge on any atom is -0.441 e. The van der Waals surface area contributed by atoms with E-state index in [0.29, 0.717) is 12.4 Å². The number of amides is 1. The van der Waals surface area contributed by atoms with Gasteiger partial charge < -0.3 is 14.6 Å². The van der Waals surface area contributed by atoms with Crippen LogP contribution in [0.15, 0.2) is 53.1 Å². The normalized spacial score (nSPS) is 11.1. The second-order valence-electron chi connectivity index (χ2n) is 7.07. The van der Waals surface area contributed by atoms with Crippen LogP contribution in [0.2, 0.25) is 0 Å². The third-order valence-corrected chi connectivity index (χ3v) is 4.33. The van der Waals surface area contributed by atoms with Crippen molar-refractivity contribution in [1.29, 1.82) is 0 Å². The highest BCUT2D eigenvalue weighted by Gasteiger charge is 2.13. The largest absolute Gasteiger partial charge is 0.441 e. The van der Waals surface area contributed by atoms with Crippen molar-refractivity contribution in [2.75, 3.05) is 14.1 Å². The smallest absolute Gasteiger partial charge is 0.220 e. The molecule has 0 atom stereocenters. The Kier molecular flexibility index (Phi) is 6.72. The van der Waals surface area contributed by atoms with Crippen LogP contribution in [-0.4, -0.2) is 29.9 Å². The van der Waals surface area contributed by atoms with Gasteiger partial charge in [0.05, 0.1) is 11.8 Å². The predicted octanol–water partition coefficient (Wildman–Crippen LogP) is 3.93. The molecule has 0 fully saturated rings. The summed E-state index contributed by atoms with van der Waals surface area (Å²) in [6.07, 6.45) is 1.86. The van der Waals surface area contributed by atoms with Crippen molar-refractivity contribution in [3.05, 3.63) is 77.3 Å². The summed E-state index contributed by atoms with van der Waals surface area (Å²) in [6.45, 7) is 1.31. The van der Waals surface area contributed by atoms with Crippen LogP contribution in [0.5, 0.6) is 0 Å². The van der Waals surface area contributed by atoms with Crippen LogP contribution in [0.1, 0.15) is 23.4 Å². The highest BCUT2D eigenvalue weighted by molar-refractivity contribution is 5.76. The van der Waals surface area contributed by atoms with Crippen molar-refractivity contribution in [2.24, 2.45) is 0 Å². The summed E-state index contributed by atoms with van der Waals surface area (Å²) in [5.41, 5.74) is 2.36. The zero-order chi connectivity index (χ0) is 20.8. The quantitative estimate of drug-likeness (QED) is 0.624. The minimum atomic E-state index is -0.720. The van der Waals surface area contributed by atoms with Crippen LogP contribution in [0.25, 0.3) is 11.3 Å². The molecule has 3 aromatic rings. The molecule has 3 rings (SSSR count). The molecule has 29 heavy (non-hydrogen) atoms. The molecule has 5 nitrogen and oxygen atoms in total. The van der Waals surface area contributed by atoms with Gasteiger partial charge in [-0.3, -0.25) is 4.79 Å². The van der Waals surface area contributed by atoms with E-state index >= 15 is 0 Å². The Bertz CT molecular complexity index is 968. The number of aryl methyl sites for hydroxylation is 1. The van der Waals surface area contributed by atoms with Crippen LogP contribution in [0, 0.1) is 11.6 Å². The van der Waals surface area contributed by atoms with Gasteiger partial charge in [-0.15, -0.1) is 0 Å². The van der Waals surface area contributed by atoms with Crippen molar-refractivity contribution in [2.45, 2.75) is 25.9 Å². The molecule has 1 aromatic heterocycles. The van der Waals surface area contributed by atoms with Crippen molar-refractivity contribution in [3.63, 3.8) is 0 Å². The molecule has 0 unspecified atom stereocenters. The first-order valence-corrected chi connectivity index (χ1v) is 9.30.